The number of hydrogen-bond donors (Lipinski definition) is 1. The number of carbonyl (C=O) groups is 2. The summed E-state index contributed by atoms with van der Waals surface area (Å²) in [4.78, 5) is 37.8. The number of nitrogens with zero attached hydrogens (tertiary/aromatic N) is 3. The minimum atomic E-state index is -1.68. The van der Waals surface area contributed by atoms with E-state index in [1.807, 2.05) is 0 Å². The second kappa shape index (κ2) is 9.88. The average Bonchev–Trinajstić information content (AvgIpc) is 3.33. The maximum absolute atomic E-state index is 13.8. The summed E-state index contributed by atoms with van der Waals surface area (Å²) < 4.78 is 48.0. The van der Waals surface area contributed by atoms with Crippen LogP contribution in [0.1, 0.15) is 23.0 Å². The first-order chi connectivity index (χ1) is 18.0. The highest BCUT2D eigenvalue weighted by Crippen LogP contribution is 2.49. The number of fused-ring (bicyclic) bond motifs is 1. The molecule has 9 nitrogen and oxygen atoms in total. The molecule has 196 valence electrons. The maximum atomic E-state index is 13.8. The number of benzene rings is 2. The maximum Gasteiger partial charge on any atom is 0.316 e. The number of methoxy groups -OCH3 is 1. The van der Waals surface area contributed by atoms with E-state index in [1.54, 1.807) is 18.2 Å². The van der Waals surface area contributed by atoms with Gasteiger partial charge in [-0.05, 0) is 30.3 Å². The lowest BCUT2D eigenvalue weighted by atomic mass is 9.99. The molecule has 12 heteroatoms. The summed E-state index contributed by atoms with van der Waals surface area (Å²) in [7, 11) is 4.25. The Morgan fingerprint density at radius 3 is 2.32 bits per heavy atom. The lowest BCUT2D eigenvalue weighted by Crippen LogP contribution is -2.24. The Hall–Kier alpha value is -4.87. The van der Waals surface area contributed by atoms with Crippen molar-refractivity contribution in [3.05, 3.63) is 87.5 Å². The van der Waals surface area contributed by atoms with Gasteiger partial charge < -0.3 is 19.4 Å². The van der Waals surface area contributed by atoms with Crippen LogP contribution >= 0.6 is 0 Å². The Balaban J connectivity index is 1.99. The van der Waals surface area contributed by atoms with Gasteiger partial charge in [0.25, 0.3) is 0 Å². The number of rotatable bonds is 7. The van der Waals surface area contributed by atoms with Gasteiger partial charge in [0.1, 0.15) is 17.1 Å². The van der Waals surface area contributed by atoms with Crippen molar-refractivity contribution in [2.75, 3.05) is 31.4 Å². The van der Waals surface area contributed by atoms with Gasteiger partial charge in [-0.3, -0.25) is 19.7 Å². The lowest BCUT2D eigenvalue weighted by molar-refractivity contribution is -0.383. The van der Waals surface area contributed by atoms with E-state index in [9.17, 15) is 32.9 Å². The highest BCUT2D eigenvalue weighted by Gasteiger charge is 2.31. The molecule has 0 fully saturated rings. The second-order valence-electron chi connectivity index (χ2n) is 8.26. The third-order valence-electron chi connectivity index (χ3n) is 6.17. The number of pyridine rings is 1. The van der Waals surface area contributed by atoms with Crippen molar-refractivity contribution in [2.24, 2.45) is 0 Å². The monoisotopic (exact) mass is 526 g/mol. The van der Waals surface area contributed by atoms with Crippen LogP contribution in [-0.4, -0.2) is 42.2 Å². The largest absolute Gasteiger partial charge is 0.496 e. The number of ether oxygens (including phenoxy) is 1. The number of nitro groups is 1. The van der Waals surface area contributed by atoms with Gasteiger partial charge >= 0.3 is 5.69 Å². The number of anilines is 2. The van der Waals surface area contributed by atoms with Crippen LogP contribution in [0.25, 0.3) is 16.6 Å². The Morgan fingerprint density at radius 2 is 1.76 bits per heavy atom. The van der Waals surface area contributed by atoms with Crippen LogP contribution in [0.15, 0.2) is 48.7 Å². The van der Waals surface area contributed by atoms with Gasteiger partial charge in [-0.2, -0.15) is 0 Å². The highest BCUT2D eigenvalue weighted by atomic mass is 19.2. The van der Waals surface area contributed by atoms with Gasteiger partial charge in [-0.15, -0.1) is 0 Å². The first-order valence-corrected chi connectivity index (χ1v) is 11.1. The zero-order chi connectivity index (χ0) is 27.9. The van der Waals surface area contributed by atoms with E-state index in [-0.39, 0.29) is 34.1 Å². The Kier molecular flexibility index (Phi) is 6.81. The van der Waals surface area contributed by atoms with Crippen LogP contribution < -0.4 is 15.0 Å². The number of carbonyl (C=O) groups excluding carboxylic acids is 2. The smallest absolute Gasteiger partial charge is 0.316 e. The van der Waals surface area contributed by atoms with Crippen molar-refractivity contribution in [1.29, 1.82) is 0 Å². The summed E-state index contributed by atoms with van der Waals surface area (Å²) >= 11 is 0. The van der Waals surface area contributed by atoms with Crippen LogP contribution in [0, 0.1) is 27.6 Å². The number of halogens is 3. The van der Waals surface area contributed by atoms with Crippen LogP contribution in [-0.2, 0) is 4.79 Å². The first kappa shape index (κ1) is 26.2. The Bertz CT molecular complexity index is 1610. The van der Waals surface area contributed by atoms with Crippen molar-refractivity contribution in [1.82, 2.24) is 4.40 Å². The van der Waals surface area contributed by atoms with E-state index in [0.29, 0.717) is 23.2 Å². The summed E-state index contributed by atoms with van der Waals surface area (Å²) in [6.07, 6.45) is 1.53. The minimum absolute atomic E-state index is 0.00557. The SMILES string of the molecule is CNc1c(-c2cccn3c(C(=O)c4cc(F)c(F)c(F)c4)ccc23)c(OC)cc(N(C)C(C)=O)c1[N+](=O)[O-]. The van der Waals surface area contributed by atoms with E-state index in [2.05, 4.69) is 5.32 Å². The number of nitrogens with one attached hydrogen (secondary N) is 1. The van der Waals surface area contributed by atoms with E-state index < -0.39 is 39.6 Å². The summed E-state index contributed by atoms with van der Waals surface area (Å²) in [6.45, 7) is 1.27. The Labute approximate surface area is 214 Å². The zero-order valence-electron chi connectivity index (χ0n) is 20.6. The van der Waals surface area contributed by atoms with Gasteiger partial charge in [0.2, 0.25) is 11.7 Å². The van der Waals surface area contributed by atoms with E-state index in [0.717, 1.165) is 4.90 Å². The molecule has 0 aliphatic carbocycles. The molecule has 2 aromatic carbocycles. The predicted octanol–water partition coefficient (Wildman–Crippen LogP) is 5.20. The number of nitro benzene ring substituents is 1. The molecule has 4 rings (SSSR count). The van der Waals surface area contributed by atoms with E-state index in [4.69, 9.17) is 4.74 Å². The number of amides is 1. The fraction of sp³-hybridized carbons (Fsp3) is 0.154. The van der Waals surface area contributed by atoms with Crippen molar-refractivity contribution in [3.8, 4) is 16.9 Å². The number of ketones is 1. The molecule has 2 heterocycles. The lowest BCUT2D eigenvalue weighted by Gasteiger charge is -2.21. The summed E-state index contributed by atoms with van der Waals surface area (Å²) in [5.74, 6) is -5.69. The van der Waals surface area contributed by atoms with Crippen LogP contribution in [0.4, 0.5) is 30.2 Å². The van der Waals surface area contributed by atoms with Crippen molar-refractivity contribution < 1.29 is 32.4 Å². The molecular weight excluding hydrogens is 505 g/mol. The average molecular weight is 526 g/mol. The van der Waals surface area contributed by atoms with Crippen LogP contribution in [0.5, 0.6) is 5.75 Å². The van der Waals surface area contributed by atoms with Gasteiger partial charge in [-0.1, -0.05) is 6.07 Å². The normalized spacial score (nSPS) is 10.9. The molecule has 4 aromatic rings. The molecule has 0 saturated heterocycles. The number of aromatic nitrogens is 1. The molecule has 0 aliphatic rings. The molecular formula is C26H21F3N4O5. The Morgan fingerprint density at radius 1 is 1.11 bits per heavy atom. The summed E-state index contributed by atoms with van der Waals surface area (Å²) in [5.41, 5.74) is 0.424. The molecule has 0 saturated carbocycles. The molecule has 1 amide bonds. The van der Waals surface area contributed by atoms with Gasteiger partial charge in [-0.25, -0.2) is 13.2 Å². The minimum Gasteiger partial charge on any atom is -0.496 e. The van der Waals surface area contributed by atoms with Crippen molar-refractivity contribution >= 4 is 34.3 Å². The molecule has 0 aliphatic heterocycles. The van der Waals surface area contributed by atoms with Gasteiger partial charge in [0, 0.05) is 44.4 Å². The quantitative estimate of drug-likeness (QED) is 0.154. The summed E-state index contributed by atoms with van der Waals surface area (Å²) in [6, 6.07) is 8.79. The molecule has 1 N–H and O–H groups in total. The van der Waals surface area contributed by atoms with Gasteiger partial charge in [0.15, 0.2) is 17.5 Å². The van der Waals surface area contributed by atoms with E-state index >= 15 is 0 Å². The molecule has 0 spiro atoms. The first-order valence-electron chi connectivity index (χ1n) is 11.1. The van der Waals surface area contributed by atoms with Crippen molar-refractivity contribution in [3.63, 3.8) is 0 Å². The third kappa shape index (κ3) is 4.19. The molecule has 0 unspecified atom stereocenters. The predicted molar refractivity (Wildman–Crippen MR) is 134 cm³/mol. The van der Waals surface area contributed by atoms with Crippen LogP contribution in [0.3, 0.4) is 0 Å². The van der Waals surface area contributed by atoms with Crippen LogP contribution in [0.2, 0.25) is 0 Å². The highest BCUT2D eigenvalue weighted by molar-refractivity contribution is 6.09. The molecule has 38 heavy (non-hydrogen) atoms. The van der Waals surface area contributed by atoms with Gasteiger partial charge in [0.05, 0.1) is 28.8 Å². The van der Waals surface area contributed by atoms with E-state index in [1.165, 1.54) is 50.9 Å². The topological polar surface area (TPSA) is 106 Å². The zero-order valence-corrected chi connectivity index (χ0v) is 20.6. The molecule has 0 bridgehead atoms. The summed E-state index contributed by atoms with van der Waals surface area (Å²) in [5, 5.41) is 15.0. The fourth-order valence-electron chi connectivity index (χ4n) is 4.29. The molecule has 0 atom stereocenters. The standard InChI is InChI=1S/C26H21F3N4O5/c1-13(34)31(3)20-12-21(38-4)22(24(30-2)25(20)33(36)37)15-6-5-9-32-18(15)7-8-19(32)26(35)14-10-16(27)23(29)17(28)11-14/h5-12,30H,1-4H3. The molecule has 2 aromatic heterocycles. The fourth-order valence-corrected chi connectivity index (χ4v) is 4.29. The second-order valence-corrected chi connectivity index (χ2v) is 8.26. The number of hydrogen-bond acceptors (Lipinski definition) is 6. The molecule has 0 radical (unpaired) electrons. The van der Waals surface area contributed by atoms with Crippen molar-refractivity contribution in [2.45, 2.75) is 6.92 Å². The third-order valence-corrected chi connectivity index (χ3v) is 6.17.